The van der Waals surface area contributed by atoms with Crippen LogP contribution < -0.4 is 15.0 Å². The van der Waals surface area contributed by atoms with Crippen LogP contribution in [-0.2, 0) is 9.59 Å². The van der Waals surface area contributed by atoms with Crippen molar-refractivity contribution in [2.24, 2.45) is 0 Å². The zero-order valence-electron chi connectivity index (χ0n) is 19.5. The van der Waals surface area contributed by atoms with Gasteiger partial charge >= 0.3 is 0 Å². The standard InChI is InChI=1S/C25H39N3O3/c1-4-20(3)27(21-8-6-5-7-9-21)15-14-26-24(29)12-13-25(30)28-16-17-31-23-11-10-19(2)18-22(23)28/h10-11,18,20-21H,4-9,12-17H2,1-3H3,(H,26,29)/t20-/m0/s1. The van der Waals surface area contributed by atoms with E-state index in [0.29, 0.717) is 31.8 Å². The van der Waals surface area contributed by atoms with Crippen LogP contribution in [0.25, 0.3) is 0 Å². The summed E-state index contributed by atoms with van der Waals surface area (Å²) in [5.41, 5.74) is 1.90. The molecule has 0 spiro atoms. The lowest BCUT2D eigenvalue weighted by molar-refractivity contribution is -0.125. The fourth-order valence-electron chi connectivity index (χ4n) is 4.77. The van der Waals surface area contributed by atoms with Crippen LogP contribution >= 0.6 is 0 Å². The average molecular weight is 430 g/mol. The van der Waals surface area contributed by atoms with Gasteiger partial charge in [-0.3, -0.25) is 14.5 Å². The first-order chi connectivity index (χ1) is 15.0. The SMILES string of the molecule is CC[C@H](C)N(CCNC(=O)CCC(=O)N1CCOc2ccc(C)cc21)C1CCCCC1. The van der Waals surface area contributed by atoms with Crippen LogP contribution in [0.1, 0.15) is 70.8 Å². The van der Waals surface area contributed by atoms with E-state index in [0.717, 1.165) is 30.0 Å². The van der Waals surface area contributed by atoms with E-state index in [1.165, 1.54) is 32.1 Å². The van der Waals surface area contributed by atoms with Crippen molar-refractivity contribution in [1.82, 2.24) is 10.2 Å². The van der Waals surface area contributed by atoms with Gasteiger partial charge in [-0.1, -0.05) is 32.3 Å². The molecule has 1 aromatic rings. The predicted molar refractivity (Wildman–Crippen MR) is 125 cm³/mol. The molecule has 1 aromatic carbocycles. The van der Waals surface area contributed by atoms with Crippen molar-refractivity contribution >= 4 is 17.5 Å². The van der Waals surface area contributed by atoms with E-state index in [-0.39, 0.29) is 24.7 Å². The third-order valence-corrected chi connectivity index (χ3v) is 6.74. The highest BCUT2D eigenvalue weighted by molar-refractivity contribution is 5.97. The van der Waals surface area contributed by atoms with Gasteiger partial charge < -0.3 is 15.0 Å². The molecule has 2 aliphatic rings. The molecule has 1 aliphatic carbocycles. The first-order valence-electron chi connectivity index (χ1n) is 12.1. The predicted octanol–water partition coefficient (Wildman–Crippen LogP) is 4.05. The van der Waals surface area contributed by atoms with Crippen LogP contribution in [0.5, 0.6) is 5.75 Å². The van der Waals surface area contributed by atoms with E-state index in [1.807, 2.05) is 25.1 Å². The largest absolute Gasteiger partial charge is 0.490 e. The summed E-state index contributed by atoms with van der Waals surface area (Å²) in [5.74, 6) is 0.676. The first-order valence-corrected chi connectivity index (χ1v) is 12.1. The zero-order chi connectivity index (χ0) is 22.2. The third-order valence-electron chi connectivity index (χ3n) is 6.74. The Hall–Kier alpha value is -2.08. The Labute approximate surface area is 187 Å². The van der Waals surface area contributed by atoms with E-state index >= 15 is 0 Å². The molecule has 6 nitrogen and oxygen atoms in total. The highest BCUT2D eigenvalue weighted by Gasteiger charge is 2.25. The van der Waals surface area contributed by atoms with Crippen molar-refractivity contribution < 1.29 is 14.3 Å². The number of ether oxygens (including phenoxy) is 1. The Kier molecular flexibility index (Phi) is 8.76. The minimum atomic E-state index is -0.0428. The van der Waals surface area contributed by atoms with Gasteiger partial charge in [0.05, 0.1) is 12.2 Å². The number of benzene rings is 1. The number of hydrogen-bond acceptors (Lipinski definition) is 4. The van der Waals surface area contributed by atoms with Crippen LogP contribution in [0.3, 0.4) is 0 Å². The normalized spacial score (nSPS) is 17.7. The molecule has 1 heterocycles. The van der Waals surface area contributed by atoms with Crippen LogP contribution in [0.4, 0.5) is 5.69 Å². The Bertz CT molecular complexity index is 746. The number of nitrogens with zero attached hydrogens (tertiary/aromatic N) is 2. The molecule has 0 saturated heterocycles. The van der Waals surface area contributed by atoms with Gasteiger partial charge in [0.1, 0.15) is 12.4 Å². The summed E-state index contributed by atoms with van der Waals surface area (Å²) in [6.07, 6.45) is 8.09. The second-order valence-electron chi connectivity index (χ2n) is 9.00. The summed E-state index contributed by atoms with van der Waals surface area (Å²) >= 11 is 0. The van der Waals surface area contributed by atoms with Gasteiger partial charge in [0.2, 0.25) is 11.8 Å². The number of carbonyl (C=O) groups is 2. The van der Waals surface area contributed by atoms with E-state index in [9.17, 15) is 9.59 Å². The molecule has 31 heavy (non-hydrogen) atoms. The first kappa shape index (κ1) is 23.6. The molecule has 0 aromatic heterocycles. The number of amides is 2. The van der Waals surface area contributed by atoms with Crippen molar-refractivity contribution in [3.05, 3.63) is 23.8 Å². The highest BCUT2D eigenvalue weighted by atomic mass is 16.5. The number of anilines is 1. The van der Waals surface area contributed by atoms with Crippen molar-refractivity contribution in [3.63, 3.8) is 0 Å². The third kappa shape index (κ3) is 6.45. The maximum absolute atomic E-state index is 12.8. The van der Waals surface area contributed by atoms with Crippen molar-refractivity contribution in [3.8, 4) is 5.75 Å². The molecule has 2 amide bonds. The summed E-state index contributed by atoms with van der Waals surface area (Å²) in [4.78, 5) is 29.5. The Morgan fingerprint density at radius 1 is 1.23 bits per heavy atom. The van der Waals surface area contributed by atoms with E-state index in [4.69, 9.17) is 4.74 Å². The van der Waals surface area contributed by atoms with Crippen molar-refractivity contribution in [1.29, 1.82) is 0 Å². The average Bonchev–Trinajstić information content (AvgIpc) is 2.80. The molecule has 1 N–H and O–H groups in total. The molecule has 1 fully saturated rings. The van der Waals surface area contributed by atoms with Gasteiger partial charge in [-0.2, -0.15) is 0 Å². The second kappa shape index (κ2) is 11.5. The van der Waals surface area contributed by atoms with Gasteiger partial charge in [0.25, 0.3) is 0 Å². The fourth-order valence-corrected chi connectivity index (χ4v) is 4.77. The van der Waals surface area contributed by atoms with Crippen LogP contribution in [0.2, 0.25) is 0 Å². The Morgan fingerprint density at radius 2 is 2.00 bits per heavy atom. The lowest BCUT2D eigenvalue weighted by Gasteiger charge is -2.38. The molecular weight excluding hydrogens is 390 g/mol. The van der Waals surface area contributed by atoms with E-state index in [2.05, 4.69) is 24.1 Å². The summed E-state index contributed by atoms with van der Waals surface area (Å²) in [6.45, 7) is 9.07. The van der Waals surface area contributed by atoms with Crippen molar-refractivity contribution in [2.75, 3.05) is 31.1 Å². The molecule has 0 bridgehead atoms. The second-order valence-corrected chi connectivity index (χ2v) is 9.00. The molecule has 1 atom stereocenters. The summed E-state index contributed by atoms with van der Waals surface area (Å²) in [5, 5.41) is 3.04. The van der Waals surface area contributed by atoms with E-state index in [1.54, 1.807) is 4.90 Å². The minimum absolute atomic E-state index is 0.0197. The van der Waals surface area contributed by atoms with Gasteiger partial charge in [0, 0.05) is 38.0 Å². The van der Waals surface area contributed by atoms with Crippen molar-refractivity contribution in [2.45, 2.75) is 84.2 Å². The Balaban J connectivity index is 1.45. The quantitative estimate of drug-likeness (QED) is 0.643. The fraction of sp³-hybridized carbons (Fsp3) is 0.680. The highest BCUT2D eigenvalue weighted by Crippen LogP contribution is 2.32. The number of rotatable bonds is 9. The monoisotopic (exact) mass is 429 g/mol. The van der Waals surface area contributed by atoms with Crippen LogP contribution in [-0.4, -0.2) is 55.0 Å². The lowest BCUT2D eigenvalue weighted by atomic mass is 9.93. The van der Waals surface area contributed by atoms with E-state index < -0.39 is 0 Å². The zero-order valence-corrected chi connectivity index (χ0v) is 19.5. The molecule has 6 heteroatoms. The summed E-state index contributed by atoms with van der Waals surface area (Å²) in [7, 11) is 0. The molecule has 1 aliphatic heterocycles. The smallest absolute Gasteiger partial charge is 0.227 e. The number of hydrogen-bond donors (Lipinski definition) is 1. The maximum Gasteiger partial charge on any atom is 0.227 e. The number of carbonyl (C=O) groups excluding carboxylic acids is 2. The van der Waals surface area contributed by atoms with Gasteiger partial charge in [0.15, 0.2) is 0 Å². The molecule has 3 rings (SSSR count). The lowest BCUT2D eigenvalue weighted by Crippen LogP contribution is -2.46. The van der Waals surface area contributed by atoms with Gasteiger partial charge in [-0.05, 0) is 50.8 Å². The van der Waals surface area contributed by atoms with Gasteiger partial charge in [-0.25, -0.2) is 0 Å². The summed E-state index contributed by atoms with van der Waals surface area (Å²) < 4.78 is 5.66. The molecule has 0 unspecified atom stereocenters. The molecule has 1 saturated carbocycles. The number of aryl methyl sites for hydroxylation is 1. The molecule has 172 valence electrons. The molecular formula is C25H39N3O3. The summed E-state index contributed by atoms with van der Waals surface area (Å²) in [6, 6.07) is 7.04. The number of fused-ring (bicyclic) bond motifs is 1. The van der Waals surface area contributed by atoms with Crippen LogP contribution in [0, 0.1) is 6.92 Å². The number of nitrogens with one attached hydrogen (secondary N) is 1. The van der Waals surface area contributed by atoms with Crippen LogP contribution in [0.15, 0.2) is 18.2 Å². The van der Waals surface area contributed by atoms with Gasteiger partial charge in [-0.15, -0.1) is 0 Å². The Morgan fingerprint density at radius 3 is 2.74 bits per heavy atom. The maximum atomic E-state index is 12.8. The molecule has 0 radical (unpaired) electrons. The topological polar surface area (TPSA) is 61.9 Å². The minimum Gasteiger partial charge on any atom is -0.490 e.